The van der Waals surface area contributed by atoms with Gasteiger partial charge in [0.05, 0.1) is 23.2 Å². The first kappa shape index (κ1) is 22.3. The number of benzene rings is 3. The largest absolute Gasteiger partial charge is 0.497 e. The smallest absolute Gasteiger partial charge is 0.307 e. The van der Waals surface area contributed by atoms with Crippen LogP contribution in [0.25, 0.3) is 10.2 Å². The monoisotopic (exact) mass is 476 g/mol. The van der Waals surface area contributed by atoms with Crippen molar-refractivity contribution < 1.29 is 19.0 Å². The van der Waals surface area contributed by atoms with Gasteiger partial charge in [-0.15, -0.1) is 0 Å². The lowest BCUT2D eigenvalue weighted by Gasteiger charge is -2.22. The number of thiazole rings is 1. The van der Waals surface area contributed by atoms with Crippen molar-refractivity contribution in [3.8, 4) is 5.75 Å². The van der Waals surface area contributed by atoms with Crippen molar-refractivity contribution in [1.29, 1.82) is 0 Å². The molecule has 4 aromatic rings. The SMILES string of the molecule is COc1ccc(CCN(Cc2ccc(C3CC3C(=O)O)cc2)c2nc3cccc(F)c3s2)cc1. The van der Waals surface area contributed by atoms with E-state index in [1.807, 2.05) is 30.3 Å². The number of nitrogens with zero attached hydrogens (tertiary/aromatic N) is 2. The number of methoxy groups -OCH3 is 1. The average Bonchev–Trinajstić information content (AvgIpc) is 3.54. The molecule has 1 aromatic heterocycles. The minimum atomic E-state index is -0.721. The molecule has 5 rings (SSSR count). The maximum atomic E-state index is 14.3. The van der Waals surface area contributed by atoms with Crippen molar-refractivity contribution in [2.24, 2.45) is 5.92 Å². The van der Waals surface area contributed by atoms with Gasteiger partial charge in [-0.1, -0.05) is 53.8 Å². The van der Waals surface area contributed by atoms with E-state index in [-0.39, 0.29) is 17.7 Å². The summed E-state index contributed by atoms with van der Waals surface area (Å²) >= 11 is 1.37. The molecule has 7 heteroatoms. The van der Waals surface area contributed by atoms with Crippen molar-refractivity contribution in [3.63, 3.8) is 0 Å². The fourth-order valence-electron chi connectivity index (χ4n) is 4.26. The summed E-state index contributed by atoms with van der Waals surface area (Å²) in [6.45, 7) is 1.35. The van der Waals surface area contributed by atoms with E-state index in [1.165, 1.54) is 23.0 Å². The molecule has 2 atom stereocenters. The summed E-state index contributed by atoms with van der Waals surface area (Å²) in [4.78, 5) is 18.1. The van der Waals surface area contributed by atoms with Gasteiger partial charge in [0.2, 0.25) is 0 Å². The molecule has 0 aliphatic heterocycles. The van der Waals surface area contributed by atoms with Crippen molar-refractivity contribution in [3.05, 3.63) is 89.2 Å². The summed E-state index contributed by atoms with van der Waals surface area (Å²) in [6, 6.07) is 21.2. The van der Waals surface area contributed by atoms with Crippen LogP contribution in [0.1, 0.15) is 29.0 Å². The van der Waals surface area contributed by atoms with E-state index in [1.54, 1.807) is 13.2 Å². The van der Waals surface area contributed by atoms with Crippen LogP contribution in [-0.4, -0.2) is 29.7 Å². The van der Waals surface area contributed by atoms with E-state index in [0.717, 1.165) is 35.0 Å². The molecule has 0 spiro atoms. The normalized spacial score (nSPS) is 17.0. The van der Waals surface area contributed by atoms with E-state index < -0.39 is 5.97 Å². The molecule has 0 bridgehead atoms. The third-order valence-electron chi connectivity index (χ3n) is 6.34. The Morgan fingerprint density at radius 1 is 1.12 bits per heavy atom. The molecule has 174 valence electrons. The summed E-state index contributed by atoms with van der Waals surface area (Å²) in [5.74, 6) is -0.294. The molecule has 3 aromatic carbocycles. The van der Waals surface area contributed by atoms with Gasteiger partial charge in [0.1, 0.15) is 11.6 Å². The minimum Gasteiger partial charge on any atom is -0.497 e. The molecule has 1 heterocycles. The Morgan fingerprint density at radius 3 is 2.50 bits per heavy atom. The van der Waals surface area contributed by atoms with Crippen molar-refractivity contribution in [1.82, 2.24) is 4.98 Å². The van der Waals surface area contributed by atoms with Crippen molar-refractivity contribution in [2.75, 3.05) is 18.6 Å². The van der Waals surface area contributed by atoms with E-state index >= 15 is 0 Å². The molecule has 0 radical (unpaired) electrons. The highest BCUT2D eigenvalue weighted by Crippen LogP contribution is 2.47. The number of hydrogen-bond donors (Lipinski definition) is 1. The predicted octanol–water partition coefficient (Wildman–Crippen LogP) is 5.88. The van der Waals surface area contributed by atoms with Crippen LogP contribution in [-0.2, 0) is 17.8 Å². The van der Waals surface area contributed by atoms with Crippen LogP contribution in [0, 0.1) is 11.7 Å². The van der Waals surface area contributed by atoms with Gasteiger partial charge in [0.15, 0.2) is 5.13 Å². The third kappa shape index (κ3) is 4.75. The predicted molar refractivity (Wildman–Crippen MR) is 132 cm³/mol. The first-order chi connectivity index (χ1) is 16.5. The number of carboxylic acids is 1. The van der Waals surface area contributed by atoms with Gasteiger partial charge in [-0.2, -0.15) is 0 Å². The molecule has 1 saturated carbocycles. The second-order valence-electron chi connectivity index (χ2n) is 8.63. The Bertz CT molecular complexity index is 1300. The first-order valence-electron chi connectivity index (χ1n) is 11.3. The van der Waals surface area contributed by atoms with E-state index in [2.05, 4.69) is 29.2 Å². The molecular formula is C27H25FN2O3S. The summed E-state index contributed by atoms with van der Waals surface area (Å²) in [5, 5.41) is 9.98. The lowest BCUT2D eigenvalue weighted by molar-refractivity contribution is -0.138. The van der Waals surface area contributed by atoms with Crippen molar-refractivity contribution >= 4 is 32.7 Å². The fourth-order valence-corrected chi connectivity index (χ4v) is 5.26. The Balaban J connectivity index is 1.36. The van der Waals surface area contributed by atoms with Gasteiger partial charge in [-0.3, -0.25) is 4.79 Å². The zero-order valence-corrected chi connectivity index (χ0v) is 19.6. The molecule has 2 unspecified atom stereocenters. The van der Waals surface area contributed by atoms with Gasteiger partial charge in [-0.05, 0) is 59.7 Å². The second kappa shape index (κ2) is 9.43. The van der Waals surface area contributed by atoms with Crippen LogP contribution in [0.4, 0.5) is 9.52 Å². The minimum absolute atomic E-state index is 0.116. The van der Waals surface area contributed by atoms with Crippen LogP contribution in [0.2, 0.25) is 0 Å². The molecule has 5 nitrogen and oxygen atoms in total. The molecule has 1 aliphatic rings. The summed E-state index contributed by atoms with van der Waals surface area (Å²) in [5.41, 5.74) is 4.02. The van der Waals surface area contributed by atoms with E-state index in [0.29, 0.717) is 23.2 Å². The maximum absolute atomic E-state index is 14.3. The van der Waals surface area contributed by atoms with Gasteiger partial charge in [0.25, 0.3) is 0 Å². The highest BCUT2D eigenvalue weighted by molar-refractivity contribution is 7.22. The number of aromatic nitrogens is 1. The maximum Gasteiger partial charge on any atom is 0.307 e. The summed E-state index contributed by atoms with van der Waals surface area (Å²) in [7, 11) is 1.65. The van der Waals surface area contributed by atoms with Crippen LogP contribution in [0.5, 0.6) is 5.75 Å². The summed E-state index contributed by atoms with van der Waals surface area (Å²) < 4.78 is 20.1. The van der Waals surface area contributed by atoms with Gasteiger partial charge in [0, 0.05) is 13.1 Å². The Kier molecular flexibility index (Phi) is 6.20. The van der Waals surface area contributed by atoms with Crippen LogP contribution in [0.15, 0.2) is 66.7 Å². The topological polar surface area (TPSA) is 62.7 Å². The number of fused-ring (bicyclic) bond motifs is 1. The molecule has 1 N–H and O–H groups in total. The quantitative estimate of drug-likeness (QED) is 0.327. The second-order valence-corrected chi connectivity index (χ2v) is 9.61. The fraction of sp³-hybridized carbons (Fsp3) is 0.259. The summed E-state index contributed by atoms with van der Waals surface area (Å²) in [6.07, 6.45) is 1.52. The highest BCUT2D eigenvalue weighted by atomic mass is 32.1. The lowest BCUT2D eigenvalue weighted by atomic mass is 10.1. The molecule has 34 heavy (non-hydrogen) atoms. The highest BCUT2D eigenvalue weighted by Gasteiger charge is 2.44. The molecule has 0 saturated heterocycles. The standard InChI is InChI=1S/C27H25FN2O3S/c1-33-20-11-7-17(8-12-20)13-14-30(27-29-24-4-2-3-23(28)25(24)34-27)16-18-5-9-19(10-6-18)21-15-22(21)26(31)32/h2-12,21-22H,13-16H2,1H3,(H,31,32). The van der Waals surface area contributed by atoms with Crippen LogP contribution in [0.3, 0.4) is 0 Å². The van der Waals surface area contributed by atoms with Gasteiger partial charge >= 0.3 is 5.97 Å². The number of anilines is 1. The Hall–Kier alpha value is -3.45. The number of rotatable bonds is 9. The third-order valence-corrected chi connectivity index (χ3v) is 7.48. The van der Waals surface area contributed by atoms with Crippen molar-refractivity contribution in [2.45, 2.75) is 25.3 Å². The number of hydrogen-bond acceptors (Lipinski definition) is 5. The molecular weight excluding hydrogens is 451 g/mol. The Morgan fingerprint density at radius 2 is 1.85 bits per heavy atom. The Labute approximate surface area is 201 Å². The molecule has 1 fully saturated rings. The van der Waals surface area contributed by atoms with Crippen LogP contribution < -0.4 is 9.64 Å². The van der Waals surface area contributed by atoms with Gasteiger partial charge < -0.3 is 14.7 Å². The zero-order valence-electron chi connectivity index (χ0n) is 18.8. The number of aliphatic carboxylic acids is 1. The number of carboxylic acid groups (broad SMARTS) is 1. The lowest BCUT2D eigenvalue weighted by Crippen LogP contribution is -2.25. The number of ether oxygens (including phenoxy) is 1. The average molecular weight is 477 g/mol. The number of carbonyl (C=O) groups is 1. The molecule has 0 amide bonds. The number of halogens is 1. The van der Waals surface area contributed by atoms with E-state index in [9.17, 15) is 14.3 Å². The van der Waals surface area contributed by atoms with Crippen LogP contribution >= 0.6 is 11.3 Å². The first-order valence-corrected chi connectivity index (χ1v) is 12.1. The van der Waals surface area contributed by atoms with Gasteiger partial charge in [-0.25, -0.2) is 9.37 Å². The molecule has 1 aliphatic carbocycles. The van der Waals surface area contributed by atoms with E-state index in [4.69, 9.17) is 9.72 Å². The zero-order chi connectivity index (χ0) is 23.7.